The van der Waals surface area contributed by atoms with E-state index in [1.807, 2.05) is 12.1 Å². The maximum Gasteiger partial charge on any atom is 0.164 e. The number of hydrogen-bond acceptors (Lipinski definition) is 3. The van der Waals surface area contributed by atoms with Crippen LogP contribution < -0.4 is 5.73 Å². The minimum absolute atomic E-state index is 0.156. The summed E-state index contributed by atoms with van der Waals surface area (Å²) in [7, 11) is 0. The monoisotopic (exact) mass is 258 g/mol. The first-order valence-electron chi connectivity index (χ1n) is 7.33. The molecule has 4 rings (SSSR count). The number of carbonyl (C=O) groups excluding carboxylic acids is 1. The van der Waals surface area contributed by atoms with Crippen LogP contribution in [0.5, 0.6) is 0 Å². The average molecular weight is 258 g/mol. The van der Waals surface area contributed by atoms with Crippen molar-refractivity contribution in [3.8, 4) is 0 Å². The zero-order valence-corrected chi connectivity index (χ0v) is 11.3. The summed E-state index contributed by atoms with van der Waals surface area (Å²) < 4.78 is 0. The molecule has 1 unspecified atom stereocenters. The Labute approximate surface area is 114 Å². The molecule has 1 atom stereocenters. The standard InChI is InChI=1S/C16H22N2O/c17-8-5-16(19)14-3-1-12(2-4-14)15-11-18-9-6-13(15)7-10-18/h1-4,13,15H,5-11,17H2. The minimum Gasteiger partial charge on any atom is -0.330 e. The number of nitrogens with two attached hydrogens (primary N) is 1. The van der Waals surface area contributed by atoms with Crippen LogP contribution >= 0.6 is 0 Å². The lowest BCUT2D eigenvalue weighted by Crippen LogP contribution is -2.46. The van der Waals surface area contributed by atoms with Crippen molar-refractivity contribution in [3.05, 3.63) is 35.4 Å². The third-order valence-corrected chi connectivity index (χ3v) is 4.69. The molecule has 0 aliphatic carbocycles. The number of ketones is 1. The molecular weight excluding hydrogens is 236 g/mol. The van der Waals surface area contributed by atoms with Crippen LogP contribution in [0.2, 0.25) is 0 Å². The maximum absolute atomic E-state index is 11.8. The third-order valence-electron chi connectivity index (χ3n) is 4.69. The molecule has 19 heavy (non-hydrogen) atoms. The fraction of sp³-hybridized carbons (Fsp3) is 0.562. The van der Waals surface area contributed by atoms with Crippen molar-refractivity contribution in [2.75, 3.05) is 26.2 Å². The zero-order valence-electron chi connectivity index (χ0n) is 11.3. The number of nitrogens with zero attached hydrogens (tertiary/aromatic N) is 1. The number of fused-ring (bicyclic) bond motifs is 3. The average Bonchev–Trinajstić information content (AvgIpc) is 2.49. The molecule has 3 heteroatoms. The highest BCUT2D eigenvalue weighted by molar-refractivity contribution is 5.96. The number of Topliss-reactive ketones (excluding diaryl/α,β-unsaturated/α-hetero) is 1. The molecule has 2 N–H and O–H groups in total. The highest BCUT2D eigenvalue weighted by Crippen LogP contribution is 2.38. The van der Waals surface area contributed by atoms with Gasteiger partial charge in [0.05, 0.1) is 0 Å². The minimum atomic E-state index is 0.156. The molecule has 0 aromatic heterocycles. The van der Waals surface area contributed by atoms with Crippen molar-refractivity contribution in [1.29, 1.82) is 0 Å². The SMILES string of the molecule is NCCC(=O)c1ccc(C2CN3CCC2CC3)cc1. The number of piperidine rings is 3. The maximum atomic E-state index is 11.8. The van der Waals surface area contributed by atoms with Crippen LogP contribution in [-0.4, -0.2) is 36.9 Å². The van der Waals surface area contributed by atoms with Gasteiger partial charge in [0.15, 0.2) is 5.78 Å². The molecule has 3 aliphatic heterocycles. The Morgan fingerprint density at radius 1 is 1.21 bits per heavy atom. The predicted octanol–water partition coefficient (Wildman–Crippen LogP) is 2.03. The Hall–Kier alpha value is -1.19. The van der Waals surface area contributed by atoms with Gasteiger partial charge in [-0.25, -0.2) is 0 Å². The molecule has 0 saturated carbocycles. The zero-order chi connectivity index (χ0) is 13.2. The quantitative estimate of drug-likeness (QED) is 0.841. The number of rotatable bonds is 4. The summed E-state index contributed by atoms with van der Waals surface area (Å²) in [5.41, 5.74) is 7.63. The van der Waals surface area contributed by atoms with Crippen molar-refractivity contribution < 1.29 is 4.79 Å². The summed E-state index contributed by atoms with van der Waals surface area (Å²) in [4.78, 5) is 14.3. The van der Waals surface area contributed by atoms with Gasteiger partial charge < -0.3 is 10.6 Å². The third kappa shape index (κ3) is 2.58. The van der Waals surface area contributed by atoms with E-state index in [0.717, 1.165) is 11.5 Å². The highest BCUT2D eigenvalue weighted by Gasteiger charge is 2.34. The van der Waals surface area contributed by atoms with Gasteiger partial charge in [-0.05, 0) is 49.9 Å². The Balaban J connectivity index is 1.74. The van der Waals surface area contributed by atoms with Gasteiger partial charge in [-0.1, -0.05) is 24.3 Å². The summed E-state index contributed by atoms with van der Waals surface area (Å²) in [6.45, 7) is 4.17. The topological polar surface area (TPSA) is 46.3 Å². The predicted molar refractivity (Wildman–Crippen MR) is 76.3 cm³/mol. The van der Waals surface area contributed by atoms with Gasteiger partial charge in [0.25, 0.3) is 0 Å². The first-order chi connectivity index (χ1) is 9.28. The molecule has 3 heterocycles. The van der Waals surface area contributed by atoms with E-state index in [0.29, 0.717) is 18.9 Å². The number of hydrogen-bond donors (Lipinski definition) is 1. The van der Waals surface area contributed by atoms with Crippen molar-refractivity contribution >= 4 is 5.78 Å². The van der Waals surface area contributed by atoms with Crippen molar-refractivity contribution in [3.63, 3.8) is 0 Å². The molecule has 3 fully saturated rings. The van der Waals surface area contributed by atoms with E-state index in [-0.39, 0.29) is 5.78 Å². The second-order valence-electron chi connectivity index (χ2n) is 5.83. The first kappa shape index (κ1) is 12.8. The van der Waals surface area contributed by atoms with Crippen LogP contribution in [0.3, 0.4) is 0 Å². The molecule has 2 bridgehead atoms. The summed E-state index contributed by atoms with van der Waals surface area (Å²) >= 11 is 0. The van der Waals surface area contributed by atoms with Crippen molar-refractivity contribution in [2.24, 2.45) is 11.7 Å². The first-order valence-corrected chi connectivity index (χ1v) is 7.33. The van der Waals surface area contributed by atoms with Crippen LogP contribution in [0.1, 0.15) is 41.1 Å². The smallest absolute Gasteiger partial charge is 0.164 e. The molecular formula is C16H22N2O. The molecule has 3 nitrogen and oxygen atoms in total. The molecule has 0 spiro atoms. The Bertz CT molecular complexity index is 446. The van der Waals surface area contributed by atoms with Gasteiger partial charge >= 0.3 is 0 Å². The van der Waals surface area contributed by atoms with E-state index in [2.05, 4.69) is 17.0 Å². The lowest BCUT2D eigenvalue weighted by atomic mass is 9.75. The second kappa shape index (κ2) is 5.43. The molecule has 0 radical (unpaired) electrons. The summed E-state index contributed by atoms with van der Waals surface area (Å²) in [6, 6.07) is 8.25. The van der Waals surface area contributed by atoms with Crippen LogP contribution in [0.15, 0.2) is 24.3 Å². The van der Waals surface area contributed by atoms with E-state index in [1.165, 1.54) is 38.0 Å². The highest BCUT2D eigenvalue weighted by atomic mass is 16.1. The van der Waals surface area contributed by atoms with E-state index in [1.54, 1.807) is 0 Å². The van der Waals surface area contributed by atoms with Crippen molar-refractivity contribution in [1.82, 2.24) is 4.90 Å². The van der Waals surface area contributed by atoms with Gasteiger partial charge in [0, 0.05) is 18.5 Å². The van der Waals surface area contributed by atoms with Crippen LogP contribution in [0.25, 0.3) is 0 Å². The summed E-state index contributed by atoms with van der Waals surface area (Å²) in [6.07, 6.45) is 3.11. The van der Waals surface area contributed by atoms with Gasteiger partial charge in [0.1, 0.15) is 0 Å². The number of carbonyl (C=O) groups is 1. The van der Waals surface area contributed by atoms with Crippen LogP contribution in [0, 0.1) is 5.92 Å². The molecule has 3 aliphatic rings. The van der Waals surface area contributed by atoms with Gasteiger partial charge in [-0.15, -0.1) is 0 Å². The second-order valence-corrected chi connectivity index (χ2v) is 5.83. The Morgan fingerprint density at radius 3 is 2.42 bits per heavy atom. The Kier molecular flexibility index (Phi) is 3.67. The molecule has 0 amide bonds. The lowest BCUT2D eigenvalue weighted by molar-refractivity contribution is 0.0871. The van der Waals surface area contributed by atoms with Gasteiger partial charge in [-0.2, -0.15) is 0 Å². The summed E-state index contributed by atoms with van der Waals surface area (Å²) in [5, 5.41) is 0. The van der Waals surface area contributed by atoms with E-state index < -0.39 is 0 Å². The van der Waals surface area contributed by atoms with Crippen LogP contribution in [0.4, 0.5) is 0 Å². The lowest BCUT2D eigenvalue weighted by Gasteiger charge is -2.45. The van der Waals surface area contributed by atoms with Gasteiger partial charge in [-0.3, -0.25) is 4.79 Å². The molecule has 102 valence electrons. The molecule has 3 saturated heterocycles. The van der Waals surface area contributed by atoms with E-state index in [4.69, 9.17) is 5.73 Å². The Morgan fingerprint density at radius 2 is 1.89 bits per heavy atom. The normalized spacial score (nSPS) is 29.4. The van der Waals surface area contributed by atoms with Crippen LogP contribution in [-0.2, 0) is 0 Å². The number of benzene rings is 1. The van der Waals surface area contributed by atoms with E-state index >= 15 is 0 Å². The molecule has 1 aromatic rings. The largest absolute Gasteiger partial charge is 0.330 e. The van der Waals surface area contributed by atoms with E-state index in [9.17, 15) is 4.79 Å². The summed E-state index contributed by atoms with van der Waals surface area (Å²) in [5.74, 6) is 1.67. The van der Waals surface area contributed by atoms with Gasteiger partial charge in [0.2, 0.25) is 0 Å². The fourth-order valence-electron chi connectivity index (χ4n) is 3.53. The molecule has 1 aromatic carbocycles. The fourth-order valence-corrected chi connectivity index (χ4v) is 3.53. The van der Waals surface area contributed by atoms with Crippen molar-refractivity contribution in [2.45, 2.75) is 25.2 Å².